The Labute approximate surface area is 176 Å². The van der Waals surface area contributed by atoms with Crippen LogP contribution in [0.1, 0.15) is 26.3 Å². The number of rotatable bonds is 4. The molecule has 0 saturated carbocycles. The summed E-state index contributed by atoms with van der Waals surface area (Å²) in [6.45, 7) is 6.82. The van der Waals surface area contributed by atoms with E-state index in [2.05, 4.69) is 10.0 Å². The van der Waals surface area contributed by atoms with Gasteiger partial charge in [-0.05, 0) is 56.7 Å². The molecule has 8 nitrogen and oxygen atoms in total. The molecule has 0 bridgehead atoms. The van der Waals surface area contributed by atoms with Crippen molar-refractivity contribution in [2.75, 3.05) is 28.6 Å². The summed E-state index contributed by atoms with van der Waals surface area (Å²) in [5.41, 5.74) is 1.21. The third kappa shape index (κ3) is 4.25. The summed E-state index contributed by atoms with van der Waals surface area (Å²) in [7, 11) is -2.20. The Morgan fingerprint density at radius 1 is 1.13 bits per heavy atom. The smallest absolute Gasteiger partial charge is 0.262 e. The van der Waals surface area contributed by atoms with E-state index in [-0.39, 0.29) is 23.3 Å². The maximum Gasteiger partial charge on any atom is 0.262 e. The van der Waals surface area contributed by atoms with Crippen LogP contribution in [0.15, 0.2) is 41.3 Å². The molecule has 160 valence electrons. The lowest BCUT2D eigenvalue weighted by atomic mass is 9.93. The van der Waals surface area contributed by atoms with Crippen molar-refractivity contribution in [1.29, 1.82) is 0 Å². The number of sulfonamides is 1. The molecule has 0 unspecified atom stereocenters. The number of hydrogen-bond acceptors (Lipinski definition) is 5. The molecule has 2 aromatic rings. The van der Waals surface area contributed by atoms with Crippen LogP contribution in [0.5, 0.6) is 5.75 Å². The lowest BCUT2D eigenvalue weighted by Gasteiger charge is -2.24. The van der Waals surface area contributed by atoms with Crippen molar-refractivity contribution in [3.63, 3.8) is 0 Å². The minimum absolute atomic E-state index is 0.0792. The molecule has 0 aliphatic carbocycles. The van der Waals surface area contributed by atoms with Crippen LogP contribution in [-0.2, 0) is 19.6 Å². The van der Waals surface area contributed by atoms with Crippen LogP contribution in [0, 0.1) is 12.3 Å². The average Bonchev–Trinajstić information content (AvgIpc) is 2.71. The van der Waals surface area contributed by atoms with Crippen molar-refractivity contribution >= 4 is 38.9 Å². The molecule has 2 amide bonds. The first kappa shape index (κ1) is 21.6. The van der Waals surface area contributed by atoms with Crippen molar-refractivity contribution < 1.29 is 22.7 Å². The maximum atomic E-state index is 12.9. The van der Waals surface area contributed by atoms with Gasteiger partial charge in [0.2, 0.25) is 11.8 Å². The van der Waals surface area contributed by atoms with E-state index in [0.29, 0.717) is 28.4 Å². The fourth-order valence-electron chi connectivity index (χ4n) is 3.30. The van der Waals surface area contributed by atoms with Crippen LogP contribution < -0.4 is 19.7 Å². The van der Waals surface area contributed by atoms with Gasteiger partial charge >= 0.3 is 0 Å². The number of ether oxygens (including phenoxy) is 1. The molecule has 1 aliphatic heterocycles. The van der Waals surface area contributed by atoms with Gasteiger partial charge in [0.15, 0.2) is 0 Å². The van der Waals surface area contributed by atoms with Gasteiger partial charge in [0.25, 0.3) is 10.0 Å². The molecular weight excluding hydrogens is 406 g/mol. The normalized spacial score (nSPS) is 15.6. The van der Waals surface area contributed by atoms with Gasteiger partial charge < -0.3 is 15.0 Å². The second kappa shape index (κ2) is 7.64. The monoisotopic (exact) mass is 431 g/mol. The van der Waals surface area contributed by atoms with Gasteiger partial charge in [-0.1, -0.05) is 0 Å². The zero-order valence-corrected chi connectivity index (χ0v) is 18.4. The highest BCUT2D eigenvalue weighted by molar-refractivity contribution is 7.92. The van der Waals surface area contributed by atoms with Gasteiger partial charge in [0, 0.05) is 25.7 Å². The van der Waals surface area contributed by atoms with E-state index in [0.717, 1.165) is 0 Å². The molecule has 1 aliphatic rings. The Bertz CT molecular complexity index is 1130. The van der Waals surface area contributed by atoms with Gasteiger partial charge in [0.1, 0.15) is 12.4 Å². The Hall–Kier alpha value is -3.07. The minimum Gasteiger partial charge on any atom is -0.490 e. The van der Waals surface area contributed by atoms with E-state index in [1.54, 1.807) is 52.1 Å². The minimum atomic E-state index is -3.87. The molecule has 0 atom stereocenters. The quantitative estimate of drug-likeness (QED) is 0.774. The standard InChI is InChI=1S/C21H25N3O5S/c1-13-10-15(22-14(2)25)7-9-19(13)30(27,28)23-16-6-8-17-18(11-16)29-12-21(3,4)20(26)24(17)5/h6-11,23H,12H2,1-5H3,(H,22,25). The lowest BCUT2D eigenvalue weighted by molar-refractivity contribution is -0.127. The van der Waals surface area contributed by atoms with Gasteiger partial charge in [0.05, 0.1) is 21.7 Å². The number of nitrogens with zero attached hydrogens (tertiary/aromatic N) is 1. The van der Waals surface area contributed by atoms with Gasteiger partial charge in [-0.15, -0.1) is 0 Å². The SMILES string of the molecule is CC(=O)Nc1ccc(S(=O)(=O)Nc2ccc3c(c2)OCC(C)(C)C(=O)N3C)c(C)c1. The van der Waals surface area contributed by atoms with Crippen LogP contribution in [0.25, 0.3) is 0 Å². The number of anilines is 3. The van der Waals surface area contributed by atoms with Gasteiger partial charge in [-0.25, -0.2) is 8.42 Å². The van der Waals surface area contributed by atoms with Crippen LogP contribution in [-0.4, -0.2) is 33.9 Å². The zero-order valence-electron chi connectivity index (χ0n) is 17.6. The first-order valence-electron chi connectivity index (χ1n) is 9.37. The molecule has 0 saturated heterocycles. The fraction of sp³-hybridized carbons (Fsp3) is 0.333. The van der Waals surface area contributed by atoms with Crippen molar-refractivity contribution in [3.05, 3.63) is 42.0 Å². The first-order valence-corrected chi connectivity index (χ1v) is 10.8. The summed E-state index contributed by atoms with van der Waals surface area (Å²) in [6.07, 6.45) is 0. The van der Waals surface area contributed by atoms with E-state index in [1.807, 2.05) is 0 Å². The summed E-state index contributed by atoms with van der Waals surface area (Å²) in [4.78, 5) is 25.4. The fourth-order valence-corrected chi connectivity index (χ4v) is 4.57. The highest BCUT2D eigenvalue weighted by Crippen LogP contribution is 2.37. The van der Waals surface area contributed by atoms with Crippen LogP contribution in [0.4, 0.5) is 17.1 Å². The number of amides is 2. The van der Waals surface area contributed by atoms with Crippen molar-refractivity contribution in [2.24, 2.45) is 5.41 Å². The largest absolute Gasteiger partial charge is 0.490 e. The number of benzene rings is 2. The van der Waals surface area contributed by atoms with Crippen LogP contribution >= 0.6 is 0 Å². The highest BCUT2D eigenvalue weighted by atomic mass is 32.2. The Kier molecular flexibility index (Phi) is 5.51. The molecule has 3 rings (SSSR count). The number of carbonyl (C=O) groups excluding carboxylic acids is 2. The second-order valence-corrected chi connectivity index (χ2v) is 9.64. The molecular formula is C21H25N3O5S. The molecule has 9 heteroatoms. The number of carbonyl (C=O) groups is 2. The third-order valence-electron chi connectivity index (χ3n) is 4.83. The van der Waals surface area contributed by atoms with E-state index in [1.165, 1.54) is 24.0 Å². The van der Waals surface area contributed by atoms with Gasteiger partial charge in [-0.2, -0.15) is 0 Å². The summed E-state index contributed by atoms with van der Waals surface area (Å²) < 4.78 is 34.2. The Balaban J connectivity index is 1.89. The molecule has 2 aromatic carbocycles. The summed E-state index contributed by atoms with van der Waals surface area (Å²) in [5, 5.41) is 2.63. The topological polar surface area (TPSA) is 105 Å². The molecule has 0 aromatic heterocycles. The Morgan fingerprint density at radius 2 is 1.80 bits per heavy atom. The van der Waals surface area contributed by atoms with Crippen molar-refractivity contribution in [3.8, 4) is 5.75 Å². The lowest BCUT2D eigenvalue weighted by Crippen LogP contribution is -2.39. The highest BCUT2D eigenvalue weighted by Gasteiger charge is 2.36. The Morgan fingerprint density at radius 3 is 2.43 bits per heavy atom. The third-order valence-corrected chi connectivity index (χ3v) is 6.37. The number of fused-ring (bicyclic) bond motifs is 1. The molecule has 2 N–H and O–H groups in total. The van der Waals surface area contributed by atoms with Gasteiger partial charge in [-0.3, -0.25) is 14.3 Å². The molecule has 1 heterocycles. The molecule has 0 radical (unpaired) electrons. The summed E-state index contributed by atoms with van der Waals surface area (Å²) in [5.74, 6) is 0.110. The van der Waals surface area contributed by atoms with Crippen molar-refractivity contribution in [2.45, 2.75) is 32.6 Å². The first-order chi connectivity index (χ1) is 13.9. The molecule has 0 spiro atoms. The second-order valence-electron chi connectivity index (χ2n) is 7.99. The zero-order chi connectivity index (χ0) is 22.3. The van der Waals surface area contributed by atoms with Crippen LogP contribution in [0.2, 0.25) is 0 Å². The maximum absolute atomic E-state index is 12.9. The van der Waals surface area contributed by atoms with E-state index in [9.17, 15) is 18.0 Å². The average molecular weight is 432 g/mol. The van der Waals surface area contributed by atoms with Crippen LogP contribution in [0.3, 0.4) is 0 Å². The van der Waals surface area contributed by atoms with E-state index in [4.69, 9.17) is 4.74 Å². The molecule has 30 heavy (non-hydrogen) atoms. The number of nitrogens with one attached hydrogen (secondary N) is 2. The number of aryl methyl sites for hydroxylation is 1. The van der Waals surface area contributed by atoms with E-state index < -0.39 is 15.4 Å². The number of hydrogen-bond donors (Lipinski definition) is 2. The summed E-state index contributed by atoms with van der Waals surface area (Å²) in [6, 6.07) is 9.38. The summed E-state index contributed by atoms with van der Waals surface area (Å²) >= 11 is 0. The predicted octanol–water partition coefficient (Wildman–Crippen LogP) is 3.14. The van der Waals surface area contributed by atoms with Crippen molar-refractivity contribution in [1.82, 2.24) is 0 Å². The van der Waals surface area contributed by atoms with E-state index >= 15 is 0 Å². The predicted molar refractivity (Wildman–Crippen MR) is 115 cm³/mol. The molecule has 0 fully saturated rings.